The summed E-state index contributed by atoms with van der Waals surface area (Å²) >= 11 is 0. The highest BCUT2D eigenvalue weighted by atomic mass is 16.5. The third kappa shape index (κ3) is 9.79. The first-order chi connectivity index (χ1) is 8.68. The van der Waals surface area contributed by atoms with E-state index in [1.165, 1.54) is 12.8 Å². The average Bonchev–Trinajstić information content (AvgIpc) is 3.11. The molecule has 0 aliphatic heterocycles. The average molecular weight is 260 g/mol. The summed E-state index contributed by atoms with van der Waals surface area (Å²) in [6, 6.07) is 0. The Hall–Kier alpha value is -0.200. The molecule has 1 atom stereocenters. The molecule has 5 heteroatoms. The van der Waals surface area contributed by atoms with Gasteiger partial charge in [-0.3, -0.25) is 0 Å². The van der Waals surface area contributed by atoms with Gasteiger partial charge < -0.3 is 24.8 Å². The first-order valence-electron chi connectivity index (χ1n) is 6.87. The molecule has 0 saturated heterocycles. The van der Waals surface area contributed by atoms with Crippen molar-refractivity contribution in [1.82, 2.24) is 10.2 Å². The van der Waals surface area contributed by atoms with Crippen LogP contribution in [0.5, 0.6) is 0 Å². The van der Waals surface area contributed by atoms with E-state index in [0.717, 1.165) is 32.2 Å². The number of nitrogens with zero attached hydrogens (tertiary/aromatic N) is 1. The van der Waals surface area contributed by atoms with Crippen molar-refractivity contribution in [3.8, 4) is 0 Å². The van der Waals surface area contributed by atoms with E-state index in [1.54, 1.807) is 0 Å². The van der Waals surface area contributed by atoms with Crippen molar-refractivity contribution in [2.45, 2.75) is 18.9 Å². The van der Waals surface area contributed by atoms with E-state index in [2.05, 4.69) is 10.2 Å². The first kappa shape index (κ1) is 15.9. The lowest BCUT2D eigenvalue weighted by atomic mass is 10.3. The van der Waals surface area contributed by atoms with Gasteiger partial charge in [-0.2, -0.15) is 0 Å². The lowest BCUT2D eigenvalue weighted by molar-refractivity contribution is 0.0312. The maximum Gasteiger partial charge on any atom is 0.0897 e. The second-order valence-corrected chi connectivity index (χ2v) is 5.25. The van der Waals surface area contributed by atoms with Crippen LogP contribution in [0.15, 0.2) is 0 Å². The Morgan fingerprint density at radius 1 is 1.28 bits per heavy atom. The predicted molar refractivity (Wildman–Crippen MR) is 71.8 cm³/mol. The van der Waals surface area contributed by atoms with E-state index in [1.807, 2.05) is 14.1 Å². The van der Waals surface area contributed by atoms with Crippen LogP contribution in [0.25, 0.3) is 0 Å². The maximum atomic E-state index is 9.62. The van der Waals surface area contributed by atoms with Crippen LogP contribution in [0, 0.1) is 5.92 Å². The Balaban J connectivity index is 1.75. The van der Waals surface area contributed by atoms with Crippen molar-refractivity contribution in [3.63, 3.8) is 0 Å². The number of hydrogen-bond donors (Lipinski definition) is 2. The molecule has 0 aromatic rings. The summed E-state index contributed by atoms with van der Waals surface area (Å²) in [6.07, 6.45) is 2.17. The summed E-state index contributed by atoms with van der Waals surface area (Å²) < 4.78 is 10.8. The van der Waals surface area contributed by atoms with Crippen LogP contribution < -0.4 is 5.32 Å². The van der Waals surface area contributed by atoms with Crippen LogP contribution in [-0.2, 0) is 9.47 Å². The van der Waals surface area contributed by atoms with E-state index in [4.69, 9.17) is 9.47 Å². The van der Waals surface area contributed by atoms with Gasteiger partial charge in [0.05, 0.1) is 25.9 Å². The Morgan fingerprint density at radius 3 is 2.72 bits per heavy atom. The predicted octanol–water partition coefficient (Wildman–Crippen LogP) is -0.0583. The van der Waals surface area contributed by atoms with Gasteiger partial charge in [0.1, 0.15) is 0 Å². The van der Waals surface area contributed by atoms with Crippen LogP contribution in [0.1, 0.15) is 12.8 Å². The van der Waals surface area contributed by atoms with Crippen molar-refractivity contribution in [2.75, 3.05) is 60.2 Å². The molecule has 108 valence electrons. The summed E-state index contributed by atoms with van der Waals surface area (Å²) in [7, 11) is 4.05. The fraction of sp³-hybridized carbons (Fsp3) is 1.00. The van der Waals surface area contributed by atoms with E-state index >= 15 is 0 Å². The molecule has 1 aliphatic rings. The normalized spacial score (nSPS) is 17.3. The van der Waals surface area contributed by atoms with Crippen molar-refractivity contribution in [3.05, 3.63) is 0 Å². The van der Waals surface area contributed by atoms with E-state index < -0.39 is 6.10 Å². The van der Waals surface area contributed by atoms with Gasteiger partial charge in [0.15, 0.2) is 0 Å². The number of likely N-dealkylation sites (N-methyl/N-ethyl adjacent to an activating group) is 1. The van der Waals surface area contributed by atoms with Crippen molar-refractivity contribution in [2.24, 2.45) is 5.92 Å². The minimum atomic E-state index is -0.412. The molecule has 0 aromatic carbocycles. The quantitative estimate of drug-likeness (QED) is 0.482. The molecular weight excluding hydrogens is 232 g/mol. The van der Waals surface area contributed by atoms with Gasteiger partial charge in [-0.15, -0.1) is 0 Å². The first-order valence-corrected chi connectivity index (χ1v) is 6.87. The van der Waals surface area contributed by atoms with Crippen molar-refractivity contribution >= 4 is 0 Å². The molecule has 0 amide bonds. The molecular formula is C13H28N2O3. The highest BCUT2D eigenvalue weighted by Gasteiger charge is 2.21. The second-order valence-electron chi connectivity index (χ2n) is 5.25. The molecule has 0 heterocycles. The molecule has 2 N–H and O–H groups in total. The molecule has 1 saturated carbocycles. The largest absolute Gasteiger partial charge is 0.389 e. The van der Waals surface area contributed by atoms with Crippen LogP contribution in [0.4, 0.5) is 0 Å². The van der Waals surface area contributed by atoms with E-state index in [9.17, 15) is 5.11 Å². The Bertz CT molecular complexity index is 199. The minimum absolute atomic E-state index is 0.412. The Morgan fingerprint density at radius 2 is 2.06 bits per heavy atom. The molecule has 1 rings (SSSR count). The van der Waals surface area contributed by atoms with Crippen LogP contribution in [0.2, 0.25) is 0 Å². The summed E-state index contributed by atoms with van der Waals surface area (Å²) in [4.78, 5) is 2.09. The third-order valence-electron chi connectivity index (χ3n) is 2.85. The van der Waals surface area contributed by atoms with Crippen LogP contribution in [0.3, 0.4) is 0 Å². The van der Waals surface area contributed by atoms with E-state index in [0.29, 0.717) is 19.8 Å². The number of nitrogens with one attached hydrogen (secondary N) is 1. The third-order valence-corrected chi connectivity index (χ3v) is 2.85. The second kappa shape index (κ2) is 9.69. The standard InChI is InChI=1S/C13H28N2O3/c1-15(2)6-8-17-7-5-14-9-13(16)11-18-10-12-3-4-12/h12-14,16H,3-11H2,1-2H3. The number of aliphatic hydroxyl groups excluding tert-OH is 1. The zero-order valence-corrected chi connectivity index (χ0v) is 11.7. The minimum Gasteiger partial charge on any atom is -0.389 e. The van der Waals surface area contributed by atoms with E-state index in [-0.39, 0.29) is 0 Å². The summed E-state index contributed by atoms with van der Waals surface area (Å²) in [5.74, 6) is 0.759. The zero-order valence-electron chi connectivity index (χ0n) is 11.7. The fourth-order valence-corrected chi connectivity index (χ4v) is 1.48. The zero-order chi connectivity index (χ0) is 13.2. The molecule has 0 bridgehead atoms. The number of aliphatic hydroxyl groups is 1. The van der Waals surface area contributed by atoms with Gasteiger partial charge >= 0.3 is 0 Å². The molecule has 0 spiro atoms. The molecule has 1 aliphatic carbocycles. The van der Waals surface area contributed by atoms with Crippen molar-refractivity contribution < 1.29 is 14.6 Å². The van der Waals surface area contributed by atoms with Gasteiger partial charge in [0, 0.05) is 26.2 Å². The van der Waals surface area contributed by atoms with Crippen molar-refractivity contribution in [1.29, 1.82) is 0 Å². The highest BCUT2D eigenvalue weighted by molar-refractivity contribution is 4.72. The van der Waals surface area contributed by atoms with Gasteiger partial charge in [0.2, 0.25) is 0 Å². The SMILES string of the molecule is CN(C)CCOCCNCC(O)COCC1CC1. The lowest BCUT2D eigenvalue weighted by Crippen LogP contribution is -2.33. The summed E-state index contributed by atoms with van der Waals surface area (Å²) in [5, 5.41) is 12.8. The number of ether oxygens (including phenoxy) is 2. The number of hydrogen-bond acceptors (Lipinski definition) is 5. The smallest absolute Gasteiger partial charge is 0.0897 e. The highest BCUT2D eigenvalue weighted by Crippen LogP contribution is 2.28. The van der Waals surface area contributed by atoms with Gasteiger partial charge in [-0.25, -0.2) is 0 Å². The molecule has 1 fully saturated rings. The van der Waals surface area contributed by atoms with Crippen LogP contribution >= 0.6 is 0 Å². The molecule has 0 aromatic heterocycles. The van der Waals surface area contributed by atoms with Gasteiger partial charge in [-0.05, 0) is 32.9 Å². The fourth-order valence-electron chi connectivity index (χ4n) is 1.48. The monoisotopic (exact) mass is 260 g/mol. The Labute approximate surface area is 110 Å². The summed E-state index contributed by atoms with van der Waals surface area (Å²) in [5.41, 5.74) is 0. The number of rotatable bonds is 12. The molecule has 1 unspecified atom stereocenters. The topological polar surface area (TPSA) is 54.0 Å². The molecule has 18 heavy (non-hydrogen) atoms. The lowest BCUT2D eigenvalue weighted by Gasteiger charge is -2.13. The van der Waals surface area contributed by atoms with Crippen LogP contribution in [-0.4, -0.2) is 76.3 Å². The van der Waals surface area contributed by atoms with Gasteiger partial charge in [-0.1, -0.05) is 0 Å². The summed E-state index contributed by atoms with van der Waals surface area (Å²) in [6.45, 7) is 4.97. The van der Waals surface area contributed by atoms with Gasteiger partial charge in [0.25, 0.3) is 0 Å². The molecule has 5 nitrogen and oxygen atoms in total. The Kier molecular flexibility index (Phi) is 8.54. The maximum absolute atomic E-state index is 9.62. The molecule has 0 radical (unpaired) electrons.